The van der Waals surface area contributed by atoms with Crippen molar-refractivity contribution in [3.05, 3.63) is 72.7 Å². The van der Waals surface area contributed by atoms with Gasteiger partial charge in [0.05, 0.1) is 21.4 Å². The monoisotopic (exact) mass is 409 g/mol. The van der Waals surface area contributed by atoms with Crippen LogP contribution >= 0.6 is 38.9 Å². The van der Waals surface area contributed by atoms with Gasteiger partial charge in [0, 0.05) is 11.4 Å². The third kappa shape index (κ3) is 3.83. The van der Waals surface area contributed by atoms with Crippen molar-refractivity contribution in [1.29, 1.82) is 0 Å². The molecule has 23 heavy (non-hydrogen) atoms. The first-order valence-corrected chi connectivity index (χ1v) is 8.95. The van der Waals surface area contributed by atoms with Crippen LogP contribution in [0.4, 0.5) is 5.69 Å². The van der Waals surface area contributed by atoms with Crippen molar-refractivity contribution in [3.8, 4) is 5.69 Å². The highest BCUT2D eigenvalue weighted by molar-refractivity contribution is 9.11. The molecule has 0 radical (unpaired) electrons. The van der Waals surface area contributed by atoms with Crippen molar-refractivity contribution in [2.45, 2.75) is 6.42 Å². The summed E-state index contributed by atoms with van der Waals surface area (Å²) < 4.78 is 2.40. The summed E-state index contributed by atoms with van der Waals surface area (Å²) in [6, 6.07) is 13.3. The Morgan fingerprint density at radius 2 is 2.00 bits per heavy atom. The summed E-state index contributed by atoms with van der Waals surface area (Å²) in [7, 11) is 0. The van der Waals surface area contributed by atoms with Crippen LogP contribution in [0.5, 0.6) is 0 Å². The molecule has 0 saturated carbocycles. The first-order chi connectivity index (χ1) is 11.1. The molecule has 0 aliphatic carbocycles. The SMILES string of the molecule is O=c1c(Cl)c(NCCc2ccc(Br)s2)cnn1-c1ccccc1. The molecule has 0 spiro atoms. The molecule has 3 rings (SSSR count). The molecule has 0 fully saturated rings. The van der Waals surface area contributed by atoms with Gasteiger partial charge in [0.2, 0.25) is 0 Å². The van der Waals surface area contributed by atoms with Gasteiger partial charge in [0.15, 0.2) is 0 Å². The van der Waals surface area contributed by atoms with Crippen molar-refractivity contribution >= 4 is 44.6 Å². The zero-order valence-electron chi connectivity index (χ0n) is 12.0. The summed E-state index contributed by atoms with van der Waals surface area (Å²) in [4.78, 5) is 13.6. The van der Waals surface area contributed by atoms with Crippen LogP contribution in [-0.2, 0) is 6.42 Å². The summed E-state index contributed by atoms with van der Waals surface area (Å²) >= 11 is 11.3. The Hall–Kier alpha value is -1.63. The lowest BCUT2D eigenvalue weighted by atomic mass is 10.3. The van der Waals surface area contributed by atoms with E-state index in [1.54, 1.807) is 17.5 Å². The molecule has 0 aliphatic heterocycles. The van der Waals surface area contributed by atoms with E-state index in [2.05, 4.69) is 32.4 Å². The minimum Gasteiger partial charge on any atom is -0.382 e. The zero-order valence-corrected chi connectivity index (χ0v) is 15.2. The van der Waals surface area contributed by atoms with Crippen molar-refractivity contribution in [2.24, 2.45) is 0 Å². The predicted octanol–water partition coefficient (Wildman–Crippen LogP) is 4.36. The lowest BCUT2D eigenvalue weighted by Crippen LogP contribution is -2.23. The Kier molecular flexibility index (Phi) is 5.15. The Morgan fingerprint density at radius 1 is 1.22 bits per heavy atom. The highest BCUT2D eigenvalue weighted by Gasteiger charge is 2.10. The van der Waals surface area contributed by atoms with Gasteiger partial charge in [-0.15, -0.1) is 11.3 Å². The lowest BCUT2D eigenvalue weighted by Gasteiger charge is -2.10. The molecule has 118 valence electrons. The zero-order chi connectivity index (χ0) is 16.2. The number of halogens is 2. The van der Waals surface area contributed by atoms with Gasteiger partial charge in [-0.1, -0.05) is 29.8 Å². The Labute approximate surface area is 150 Å². The maximum atomic E-state index is 12.4. The largest absolute Gasteiger partial charge is 0.382 e. The normalized spacial score (nSPS) is 10.7. The number of rotatable bonds is 5. The average molecular weight is 411 g/mol. The summed E-state index contributed by atoms with van der Waals surface area (Å²) in [6.07, 6.45) is 2.44. The van der Waals surface area contributed by atoms with E-state index in [0.717, 1.165) is 10.2 Å². The smallest absolute Gasteiger partial charge is 0.292 e. The molecule has 1 N–H and O–H groups in total. The van der Waals surface area contributed by atoms with E-state index in [-0.39, 0.29) is 10.6 Å². The fourth-order valence-corrected chi connectivity index (χ4v) is 3.79. The molecular formula is C16H13BrClN3OS. The number of nitrogens with zero attached hydrogens (tertiary/aromatic N) is 2. The van der Waals surface area contributed by atoms with Crippen LogP contribution in [-0.4, -0.2) is 16.3 Å². The van der Waals surface area contributed by atoms with Crippen LogP contribution < -0.4 is 10.9 Å². The number of aromatic nitrogens is 2. The number of nitrogens with one attached hydrogen (secondary N) is 1. The van der Waals surface area contributed by atoms with Gasteiger partial charge in [0.25, 0.3) is 5.56 Å². The Bertz CT molecular complexity index is 863. The molecule has 0 atom stereocenters. The van der Waals surface area contributed by atoms with Gasteiger partial charge in [-0.25, -0.2) is 0 Å². The summed E-state index contributed by atoms with van der Waals surface area (Å²) in [5.74, 6) is 0. The van der Waals surface area contributed by atoms with Crippen LogP contribution in [0.1, 0.15) is 4.88 Å². The lowest BCUT2D eigenvalue weighted by molar-refractivity contribution is 0.807. The molecule has 0 aliphatic rings. The second-order valence-corrected chi connectivity index (χ2v) is 7.73. The molecule has 0 bridgehead atoms. The van der Waals surface area contributed by atoms with Crippen LogP contribution in [0, 0.1) is 0 Å². The van der Waals surface area contributed by atoms with E-state index in [9.17, 15) is 4.79 Å². The van der Waals surface area contributed by atoms with Crippen LogP contribution in [0.2, 0.25) is 5.02 Å². The number of thiophene rings is 1. The summed E-state index contributed by atoms with van der Waals surface area (Å²) in [5.41, 5.74) is 0.913. The second-order valence-electron chi connectivity index (χ2n) is 4.81. The number of para-hydroxylation sites is 1. The van der Waals surface area contributed by atoms with Gasteiger partial charge < -0.3 is 5.32 Å². The van der Waals surface area contributed by atoms with Crippen molar-refractivity contribution in [1.82, 2.24) is 9.78 Å². The maximum Gasteiger partial charge on any atom is 0.292 e. The molecule has 0 unspecified atom stereocenters. The third-order valence-corrected chi connectivity index (χ3v) is 5.28. The minimum absolute atomic E-state index is 0.149. The van der Waals surface area contributed by atoms with Gasteiger partial charge >= 0.3 is 0 Å². The molecule has 7 heteroatoms. The second kappa shape index (κ2) is 7.29. The molecule has 0 saturated heterocycles. The van der Waals surface area contributed by atoms with Crippen molar-refractivity contribution < 1.29 is 0 Å². The number of hydrogen-bond donors (Lipinski definition) is 1. The minimum atomic E-state index is -0.332. The molecule has 4 nitrogen and oxygen atoms in total. The van der Waals surface area contributed by atoms with E-state index < -0.39 is 0 Å². The van der Waals surface area contributed by atoms with Gasteiger partial charge in [-0.2, -0.15) is 9.78 Å². The molecule has 2 aromatic heterocycles. The predicted molar refractivity (Wildman–Crippen MR) is 99.1 cm³/mol. The Balaban J connectivity index is 1.74. The van der Waals surface area contributed by atoms with Crippen LogP contribution in [0.3, 0.4) is 0 Å². The van der Waals surface area contributed by atoms with Gasteiger partial charge in [-0.05, 0) is 46.6 Å². The van der Waals surface area contributed by atoms with Crippen LogP contribution in [0.15, 0.2) is 57.2 Å². The molecular weight excluding hydrogens is 398 g/mol. The molecule has 2 heterocycles. The number of anilines is 1. The average Bonchev–Trinajstić information content (AvgIpc) is 2.98. The van der Waals surface area contributed by atoms with Gasteiger partial charge in [0.1, 0.15) is 5.02 Å². The molecule has 0 amide bonds. The summed E-state index contributed by atoms with van der Waals surface area (Å²) in [5, 5.41) is 7.51. The first kappa shape index (κ1) is 16.2. The van der Waals surface area contributed by atoms with Crippen molar-refractivity contribution in [2.75, 3.05) is 11.9 Å². The number of benzene rings is 1. The molecule has 3 aromatic rings. The quantitative estimate of drug-likeness (QED) is 0.679. The van der Waals surface area contributed by atoms with Crippen LogP contribution in [0.25, 0.3) is 5.69 Å². The van der Waals surface area contributed by atoms with Gasteiger partial charge in [-0.3, -0.25) is 4.79 Å². The maximum absolute atomic E-state index is 12.4. The van der Waals surface area contributed by atoms with E-state index in [4.69, 9.17) is 11.6 Å². The third-order valence-electron chi connectivity index (χ3n) is 3.24. The summed E-state index contributed by atoms with van der Waals surface area (Å²) in [6.45, 7) is 0.684. The van der Waals surface area contributed by atoms with E-state index in [1.165, 1.54) is 9.56 Å². The van der Waals surface area contributed by atoms with E-state index >= 15 is 0 Å². The fraction of sp³-hybridized carbons (Fsp3) is 0.125. The first-order valence-electron chi connectivity index (χ1n) is 6.96. The fourth-order valence-electron chi connectivity index (χ4n) is 2.12. The highest BCUT2D eigenvalue weighted by Crippen LogP contribution is 2.23. The number of hydrogen-bond acceptors (Lipinski definition) is 4. The standard InChI is InChI=1S/C16H13BrClN3OS/c17-14-7-6-12(23-14)8-9-19-13-10-20-21(16(22)15(13)18)11-4-2-1-3-5-11/h1-7,10,19H,8-9H2. The topological polar surface area (TPSA) is 46.9 Å². The molecule has 1 aromatic carbocycles. The van der Waals surface area contributed by atoms with E-state index in [1.807, 2.05) is 36.4 Å². The highest BCUT2D eigenvalue weighted by atomic mass is 79.9. The van der Waals surface area contributed by atoms with Crippen molar-refractivity contribution in [3.63, 3.8) is 0 Å². The Morgan fingerprint density at radius 3 is 2.70 bits per heavy atom. The van der Waals surface area contributed by atoms with E-state index in [0.29, 0.717) is 17.9 Å².